The van der Waals surface area contributed by atoms with E-state index in [1.807, 2.05) is 0 Å². The van der Waals surface area contributed by atoms with Gasteiger partial charge in [-0.15, -0.1) is 0 Å². The molecule has 7 nitrogen and oxygen atoms in total. The van der Waals surface area contributed by atoms with Crippen molar-refractivity contribution < 1.29 is 19.1 Å². The third kappa shape index (κ3) is 3.18. The first-order chi connectivity index (χ1) is 13.0. The van der Waals surface area contributed by atoms with Gasteiger partial charge < -0.3 is 10.1 Å². The van der Waals surface area contributed by atoms with Gasteiger partial charge in [0.15, 0.2) is 0 Å². The quantitative estimate of drug-likeness (QED) is 0.652. The van der Waals surface area contributed by atoms with Gasteiger partial charge in [-0.05, 0) is 50.8 Å². The van der Waals surface area contributed by atoms with E-state index in [1.165, 1.54) is 21.8 Å². The van der Waals surface area contributed by atoms with Crippen LogP contribution in [0.15, 0.2) is 35.9 Å². The lowest BCUT2D eigenvalue weighted by molar-refractivity contribution is -0.121. The van der Waals surface area contributed by atoms with Crippen LogP contribution in [-0.2, 0) is 9.53 Å². The smallest absolute Gasteiger partial charge is 0.414 e. The molecule has 0 spiro atoms. The van der Waals surface area contributed by atoms with Gasteiger partial charge in [0, 0.05) is 12.1 Å². The van der Waals surface area contributed by atoms with Crippen LogP contribution in [0.1, 0.15) is 39.0 Å². The highest BCUT2D eigenvalue weighted by Gasteiger charge is 2.48. The van der Waals surface area contributed by atoms with Crippen LogP contribution in [0.2, 0.25) is 0 Å². The Morgan fingerprint density at radius 2 is 2.00 bits per heavy atom. The number of anilines is 2. The third-order valence-electron chi connectivity index (χ3n) is 5.39. The summed E-state index contributed by atoms with van der Waals surface area (Å²) in [6, 6.07) is 6.44. The van der Waals surface area contributed by atoms with Gasteiger partial charge in [0.05, 0.1) is 12.2 Å². The Balaban J connectivity index is 1.59. The zero-order valence-corrected chi connectivity index (χ0v) is 15.4. The summed E-state index contributed by atoms with van der Waals surface area (Å²) in [6.07, 6.45) is 6.62. The number of allylic oxidation sites excluding steroid dienone is 1. The van der Waals surface area contributed by atoms with Crippen LogP contribution >= 0.6 is 0 Å². The number of carbonyl (C=O) groups excluding carboxylic acids is 3. The molecule has 2 saturated heterocycles. The number of nitrogens with one attached hydrogen (secondary N) is 1. The van der Waals surface area contributed by atoms with Crippen LogP contribution in [0, 0.1) is 0 Å². The van der Waals surface area contributed by atoms with Crippen molar-refractivity contribution in [2.45, 2.75) is 44.6 Å². The number of nitrogens with zero attached hydrogens (tertiary/aromatic N) is 2. The molecule has 4 amide bonds. The molecule has 0 saturated carbocycles. The maximum atomic E-state index is 13.1. The summed E-state index contributed by atoms with van der Waals surface area (Å²) in [5.74, 6) is -0.264. The summed E-state index contributed by atoms with van der Waals surface area (Å²) in [6.45, 7) is 2.57. The molecule has 1 unspecified atom stereocenters. The van der Waals surface area contributed by atoms with Gasteiger partial charge in [-0.1, -0.05) is 17.7 Å². The van der Waals surface area contributed by atoms with E-state index in [2.05, 4.69) is 11.4 Å². The van der Waals surface area contributed by atoms with E-state index in [-0.39, 0.29) is 5.91 Å². The number of amides is 4. The predicted octanol–water partition coefficient (Wildman–Crippen LogP) is 3.35. The summed E-state index contributed by atoms with van der Waals surface area (Å²) >= 11 is 0. The minimum Gasteiger partial charge on any atom is -0.447 e. The van der Waals surface area contributed by atoms with E-state index in [1.54, 1.807) is 31.2 Å². The Hall–Kier alpha value is -2.83. The molecule has 2 heterocycles. The van der Waals surface area contributed by atoms with Crippen LogP contribution in [0.25, 0.3) is 0 Å². The summed E-state index contributed by atoms with van der Waals surface area (Å²) in [5, 5.41) is 2.87. The molecule has 1 aromatic rings. The lowest BCUT2D eigenvalue weighted by Crippen LogP contribution is -2.44. The van der Waals surface area contributed by atoms with E-state index in [4.69, 9.17) is 4.74 Å². The molecular weight excluding hydrogens is 346 g/mol. The maximum Gasteiger partial charge on any atom is 0.414 e. The Kier molecular flexibility index (Phi) is 4.37. The van der Waals surface area contributed by atoms with Gasteiger partial charge >= 0.3 is 12.1 Å². The highest BCUT2D eigenvalue weighted by Crippen LogP contribution is 2.33. The zero-order valence-electron chi connectivity index (χ0n) is 15.4. The average Bonchev–Trinajstić information content (AvgIpc) is 3.17. The van der Waals surface area contributed by atoms with Crippen molar-refractivity contribution in [1.29, 1.82) is 0 Å². The number of imide groups is 1. The van der Waals surface area contributed by atoms with Crippen molar-refractivity contribution in [3.8, 4) is 0 Å². The number of rotatable bonds is 4. The largest absolute Gasteiger partial charge is 0.447 e. The molecule has 2 aliphatic heterocycles. The maximum absolute atomic E-state index is 13.1. The summed E-state index contributed by atoms with van der Waals surface area (Å²) in [7, 11) is 0. The Bertz CT molecular complexity index is 834. The van der Waals surface area contributed by atoms with E-state index in [9.17, 15) is 14.4 Å². The molecule has 1 atom stereocenters. The molecule has 142 valence electrons. The second-order valence-corrected chi connectivity index (χ2v) is 7.47. The fourth-order valence-electron chi connectivity index (χ4n) is 3.99. The number of hydrogen-bond acceptors (Lipinski definition) is 4. The molecule has 0 radical (unpaired) electrons. The van der Waals surface area contributed by atoms with E-state index >= 15 is 0 Å². The fraction of sp³-hybridized carbons (Fsp3) is 0.450. The molecule has 27 heavy (non-hydrogen) atoms. The van der Waals surface area contributed by atoms with Gasteiger partial charge in [-0.2, -0.15) is 0 Å². The lowest BCUT2D eigenvalue weighted by atomic mass is 9.87. The minimum atomic E-state index is -0.942. The van der Waals surface area contributed by atoms with Crippen LogP contribution in [0.5, 0.6) is 0 Å². The summed E-state index contributed by atoms with van der Waals surface area (Å²) < 4.78 is 4.97. The van der Waals surface area contributed by atoms with Gasteiger partial charge in [0.25, 0.3) is 5.91 Å². The second-order valence-electron chi connectivity index (χ2n) is 7.47. The standard InChI is InChI=1S/C20H23N3O4/c1-20(13-14-6-3-2-4-7-14)17(24)23(18(25)21-20)16-9-5-8-15(12-16)22-10-11-27-19(22)26/h5-6,8-9,12H,2-4,7,10-11,13H2,1H3,(H,21,25). The number of carbonyl (C=O) groups is 3. The lowest BCUT2D eigenvalue weighted by Gasteiger charge is -2.25. The van der Waals surface area contributed by atoms with Gasteiger partial charge in [-0.25, -0.2) is 14.5 Å². The molecule has 0 aromatic heterocycles. The first-order valence-electron chi connectivity index (χ1n) is 9.37. The topological polar surface area (TPSA) is 79.0 Å². The number of benzene rings is 1. The average molecular weight is 369 g/mol. The van der Waals surface area contributed by atoms with E-state index in [0.717, 1.165) is 19.3 Å². The SMILES string of the molecule is CC1(CC2=CCCCC2)NC(=O)N(c2cccc(N3CCOC3=O)c2)C1=O. The van der Waals surface area contributed by atoms with Crippen molar-refractivity contribution in [1.82, 2.24) is 5.32 Å². The van der Waals surface area contributed by atoms with Gasteiger partial charge in [0.2, 0.25) is 0 Å². The molecule has 1 aliphatic carbocycles. The number of cyclic esters (lactones) is 1. The normalized spacial score (nSPS) is 25.5. The molecule has 3 aliphatic rings. The van der Waals surface area contributed by atoms with E-state index in [0.29, 0.717) is 30.9 Å². The minimum absolute atomic E-state index is 0.264. The zero-order chi connectivity index (χ0) is 19.0. The monoisotopic (exact) mass is 369 g/mol. The van der Waals surface area contributed by atoms with Crippen molar-refractivity contribution in [3.63, 3.8) is 0 Å². The number of urea groups is 1. The van der Waals surface area contributed by atoms with Crippen LogP contribution < -0.4 is 15.1 Å². The molecule has 4 rings (SSSR count). The Morgan fingerprint density at radius 3 is 2.70 bits per heavy atom. The van der Waals surface area contributed by atoms with Crippen LogP contribution in [-0.4, -0.2) is 36.7 Å². The molecule has 1 aromatic carbocycles. The molecule has 2 fully saturated rings. The van der Waals surface area contributed by atoms with E-state index < -0.39 is 17.7 Å². The second kappa shape index (κ2) is 6.72. The Labute approximate surface area is 158 Å². The highest BCUT2D eigenvalue weighted by atomic mass is 16.6. The van der Waals surface area contributed by atoms with Crippen molar-refractivity contribution in [3.05, 3.63) is 35.9 Å². The number of hydrogen-bond donors (Lipinski definition) is 1. The Morgan fingerprint density at radius 1 is 1.19 bits per heavy atom. The third-order valence-corrected chi connectivity index (χ3v) is 5.39. The highest BCUT2D eigenvalue weighted by molar-refractivity contribution is 6.23. The number of ether oxygens (including phenoxy) is 1. The predicted molar refractivity (Wildman–Crippen MR) is 101 cm³/mol. The van der Waals surface area contributed by atoms with Crippen molar-refractivity contribution in [2.75, 3.05) is 23.0 Å². The first kappa shape index (κ1) is 17.6. The molecule has 7 heteroatoms. The van der Waals surface area contributed by atoms with Crippen LogP contribution in [0.4, 0.5) is 21.0 Å². The van der Waals surface area contributed by atoms with Crippen molar-refractivity contribution >= 4 is 29.4 Å². The summed E-state index contributed by atoms with van der Waals surface area (Å²) in [5.41, 5.74) is 1.35. The molecular formula is C20H23N3O4. The van der Waals surface area contributed by atoms with Crippen LogP contribution in [0.3, 0.4) is 0 Å². The van der Waals surface area contributed by atoms with Crippen molar-refractivity contribution in [2.24, 2.45) is 0 Å². The first-order valence-corrected chi connectivity index (χ1v) is 9.37. The molecule has 0 bridgehead atoms. The molecule has 1 N–H and O–H groups in total. The van der Waals surface area contributed by atoms with Gasteiger partial charge in [-0.3, -0.25) is 9.69 Å². The fourth-order valence-corrected chi connectivity index (χ4v) is 3.99. The van der Waals surface area contributed by atoms with Gasteiger partial charge in [0.1, 0.15) is 12.1 Å². The summed E-state index contributed by atoms with van der Waals surface area (Å²) in [4.78, 5) is 40.2.